The summed E-state index contributed by atoms with van der Waals surface area (Å²) < 4.78 is 10.4. The van der Waals surface area contributed by atoms with E-state index in [4.69, 9.17) is 4.74 Å². The predicted octanol–water partition coefficient (Wildman–Crippen LogP) is 5.45. The highest BCUT2D eigenvalue weighted by atomic mass is 16.5. The molecule has 0 amide bonds. The molecule has 31 heavy (non-hydrogen) atoms. The van der Waals surface area contributed by atoms with Crippen molar-refractivity contribution in [1.82, 2.24) is 4.57 Å². The molecule has 3 aromatic rings. The summed E-state index contributed by atoms with van der Waals surface area (Å²) in [6, 6.07) is 16.7. The SMILES string of the molecule is Cc1ccc(-c2n(CC(=O)O[C@@H]3C[C@@H](C)CC[C@@H]3C(C)C)c3ccccc3[n+]2C)cc1. The lowest BCUT2D eigenvalue weighted by molar-refractivity contribution is -0.634. The molecule has 0 N–H and O–H groups in total. The maximum absolute atomic E-state index is 13.2. The monoisotopic (exact) mass is 419 g/mol. The molecular weight excluding hydrogens is 384 g/mol. The van der Waals surface area contributed by atoms with Crippen molar-refractivity contribution in [3.8, 4) is 11.4 Å². The van der Waals surface area contributed by atoms with Gasteiger partial charge in [-0.05, 0) is 61.8 Å². The Kier molecular flexibility index (Phi) is 6.17. The van der Waals surface area contributed by atoms with Crippen LogP contribution in [0, 0.1) is 24.7 Å². The summed E-state index contributed by atoms with van der Waals surface area (Å²) in [5.41, 5.74) is 4.48. The number of esters is 1. The molecule has 4 nitrogen and oxygen atoms in total. The van der Waals surface area contributed by atoms with E-state index in [9.17, 15) is 4.79 Å². The molecule has 0 spiro atoms. The summed E-state index contributed by atoms with van der Waals surface area (Å²) in [7, 11) is 2.07. The highest BCUT2D eigenvalue weighted by Crippen LogP contribution is 2.35. The fourth-order valence-electron chi connectivity index (χ4n) is 5.18. The molecule has 4 heteroatoms. The minimum atomic E-state index is -0.139. The van der Waals surface area contributed by atoms with E-state index in [0.29, 0.717) is 17.8 Å². The van der Waals surface area contributed by atoms with E-state index < -0.39 is 0 Å². The second-order valence-corrected chi connectivity index (χ2v) is 9.68. The summed E-state index contributed by atoms with van der Waals surface area (Å²) in [4.78, 5) is 13.2. The molecule has 3 atom stereocenters. The summed E-state index contributed by atoms with van der Waals surface area (Å²) in [6.07, 6.45) is 3.37. The Morgan fingerprint density at radius 1 is 1.13 bits per heavy atom. The van der Waals surface area contributed by atoms with Gasteiger partial charge in [-0.3, -0.25) is 0 Å². The Labute approximate surface area is 185 Å². The van der Waals surface area contributed by atoms with Gasteiger partial charge in [0.15, 0.2) is 17.6 Å². The maximum Gasteiger partial charge on any atom is 0.348 e. The summed E-state index contributed by atoms with van der Waals surface area (Å²) >= 11 is 0. The Morgan fingerprint density at radius 3 is 2.55 bits per heavy atom. The number of nitrogens with zero attached hydrogens (tertiary/aromatic N) is 2. The molecule has 1 aliphatic rings. The number of benzene rings is 2. The zero-order valence-corrected chi connectivity index (χ0v) is 19.5. The molecule has 1 saturated carbocycles. The number of aryl methyl sites for hydroxylation is 2. The minimum Gasteiger partial charge on any atom is -0.459 e. The third kappa shape index (κ3) is 4.39. The van der Waals surface area contributed by atoms with Crippen LogP contribution >= 0.6 is 0 Å². The van der Waals surface area contributed by atoms with Crippen LogP contribution in [0.1, 0.15) is 45.6 Å². The molecule has 1 fully saturated rings. The number of carbonyl (C=O) groups is 1. The van der Waals surface area contributed by atoms with Gasteiger partial charge in [0.05, 0.1) is 12.6 Å². The van der Waals surface area contributed by atoms with Crippen LogP contribution in [0.15, 0.2) is 48.5 Å². The van der Waals surface area contributed by atoms with Crippen LogP contribution in [-0.2, 0) is 23.1 Å². The largest absolute Gasteiger partial charge is 0.459 e. The van der Waals surface area contributed by atoms with Crippen LogP contribution in [0.3, 0.4) is 0 Å². The van der Waals surface area contributed by atoms with Gasteiger partial charge in [-0.25, -0.2) is 13.9 Å². The molecule has 0 radical (unpaired) electrons. The van der Waals surface area contributed by atoms with Gasteiger partial charge >= 0.3 is 5.97 Å². The van der Waals surface area contributed by atoms with E-state index in [1.54, 1.807) is 0 Å². The van der Waals surface area contributed by atoms with Gasteiger partial charge in [0, 0.05) is 0 Å². The van der Waals surface area contributed by atoms with Crippen molar-refractivity contribution >= 4 is 17.0 Å². The fraction of sp³-hybridized carbons (Fsp3) is 0.481. The third-order valence-corrected chi connectivity index (χ3v) is 6.95. The molecule has 4 rings (SSSR count). The quantitative estimate of drug-likeness (QED) is 0.407. The standard InChI is InChI=1S/C27H35N2O2/c1-18(2)22-15-12-20(4)16-25(22)31-26(30)17-29-24-9-7-6-8-23(24)28(5)27(29)21-13-10-19(3)11-14-21/h6-11,13-14,18,20,22,25H,12,15-17H2,1-5H3/q+1/t20-,22+,25+/m0/s1. The Hall–Kier alpha value is -2.62. The van der Waals surface area contributed by atoms with Crippen LogP contribution in [-0.4, -0.2) is 16.6 Å². The van der Waals surface area contributed by atoms with Crippen LogP contribution in [0.25, 0.3) is 22.4 Å². The number of imidazole rings is 1. The number of fused-ring (bicyclic) bond motifs is 1. The molecule has 1 aliphatic carbocycles. The van der Waals surface area contributed by atoms with Crippen molar-refractivity contribution in [2.24, 2.45) is 24.8 Å². The normalized spacial score (nSPS) is 21.5. The van der Waals surface area contributed by atoms with Gasteiger partial charge in [0.1, 0.15) is 6.10 Å². The number of para-hydroxylation sites is 2. The fourth-order valence-corrected chi connectivity index (χ4v) is 5.18. The predicted molar refractivity (Wildman–Crippen MR) is 125 cm³/mol. The summed E-state index contributed by atoms with van der Waals surface area (Å²) in [6.45, 7) is 9.08. The molecule has 0 saturated heterocycles. The topological polar surface area (TPSA) is 35.1 Å². The van der Waals surface area contributed by atoms with Gasteiger partial charge in [0.2, 0.25) is 0 Å². The Morgan fingerprint density at radius 2 is 1.84 bits per heavy atom. The van der Waals surface area contributed by atoms with Crippen molar-refractivity contribution in [2.75, 3.05) is 0 Å². The van der Waals surface area contributed by atoms with Crippen molar-refractivity contribution < 1.29 is 14.1 Å². The number of aromatic nitrogens is 2. The molecule has 2 aromatic carbocycles. The van der Waals surface area contributed by atoms with Crippen LogP contribution in [0.4, 0.5) is 0 Å². The minimum absolute atomic E-state index is 0.0228. The van der Waals surface area contributed by atoms with E-state index in [0.717, 1.165) is 35.3 Å². The second-order valence-electron chi connectivity index (χ2n) is 9.68. The Balaban J connectivity index is 1.67. The average Bonchev–Trinajstić information content (AvgIpc) is 3.00. The van der Waals surface area contributed by atoms with E-state index in [-0.39, 0.29) is 18.6 Å². The van der Waals surface area contributed by atoms with Gasteiger partial charge in [-0.2, -0.15) is 0 Å². The molecular formula is C27H35N2O2+. The maximum atomic E-state index is 13.2. The second kappa shape index (κ2) is 8.86. The summed E-state index contributed by atoms with van der Waals surface area (Å²) in [5, 5.41) is 0. The zero-order valence-electron chi connectivity index (χ0n) is 19.5. The summed E-state index contributed by atoms with van der Waals surface area (Å²) in [5.74, 6) is 2.48. The van der Waals surface area contributed by atoms with Crippen LogP contribution in [0.2, 0.25) is 0 Å². The lowest BCUT2D eigenvalue weighted by Crippen LogP contribution is -2.37. The lowest BCUT2D eigenvalue weighted by atomic mass is 9.75. The van der Waals surface area contributed by atoms with Crippen molar-refractivity contribution in [1.29, 1.82) is 0 Å². The average molecular weight is 420 g/mol. The van der Waals surface area contributed by atoms with Crippen LogP contribution in [0.5, 0.6) is 0 Å². The smallest absolute Gasteiger partial charge is 0.348 e. The molecule has 1 aromatic heterocycles. The van der Waals surface area contributed by atoms with Crippen molar-refractivity contribution in [3.05, 3.63) is 54.1 Å². The molecule has 0 aliphatic heterocycles. The molecule has 0 unspecified atom stereocenters. The van der Waals surface area contributed by atoms with E-state index >= 15 is 0 Å². The van der Waals surface area contributed by atoms with Gasteiger partial charge in [0.25, 0.3) is 5.82 Å². The van der Waals surface area contributed by atoms with Gasteiger partial charge in [-0.1, -0.05) is 57.0 Å². The number of ether oxygens (including phenoxy) is 1. The van der Waals surface area contributed by atoms with E-state index in [1.807, 2.05) is 12.1 Å². The van der Waals surface area contributed by atoms with Crippen molar-refractivity contribution in [2.45, 2.75) is 59.6 Å². The Bertz CT molecular complexity index is 1060. The first kappa shape index (κ1) is 21.6. The first-order valence-electron chi connectivity index (χ1n) is 11.6. The number of carbonyl (C=O) groups excluding carboxylic acids is 1. The lowest BCUT2D eigenvalue weighted by Gasteiger charge is -2.36. The number of rotatable bonds is 5. The highest BCUT2D eigenvalue weighted by molar-refractivity contribution is 5.79. The third-order valence-electron chi connectivity index (χ3n) is 6.95. The van der Waals surface area contributed by atoms with Gasteiger partial charge < -0.3 is 4.74 Å². The number of hydrogen-bond donors (Lipinski definition) is 0. The van der Waals surface area contributed by atoms with Crippen molar-refractivity contribution in [3.63, 3.8) is 0 Å². The van der Waals surface area contributed by atoms with E-state index in [1.165, 1.54) is 12.0 Å². The zero-order chi connectivity index (χ0) is 22.1. The first-order chi connectivity index (χ1) is 14.8. The van der Waals surface area contributed by atoms with Crippen LogP contribution < -0.4 is 4.57 Å². The van der Waals surface area contributed by atoms with Gasteiger partial charge in [-0.15, -0.1) is 0 Å². The molecule has 0 bridgehead atoms. The molecule has 1 heterocycles. The van der Waals surface area contributed by atoms with E-state index in [2.05, 4.69) is 80.3 Å². The first-order valence-corrected chi connectivity index (χ1v) is 11.6. The number of hydrogen-bond acceptors (Lipinski definition) is 2. The highest BCUT2D eigenvalue weighted by Gasteiger charge is 2.34. The molecule has 164 valence electrons.